The summed E-state index contributed by atoms with van der Waals surface area (Å²) in [5.74, 6) is 0.216. The molecule has 5 aromatic heterocycles. The minimum Gasteiger partial charge on any atom is -0.353 e. The van der Waals surface area contributed by atoms with Crippen LogP contribution in [-0.4, -0.2) is 31.1 Å². The molecule has 1 amide bonds. The molecular formula is C28H22N6OS. The summed E-state index contributed by atoms with van der Waals surface area (Å²) in [7, 11) is 0. The molecule has 0 aliphatic heterocycles. The molecule has 0 saturated heterocycles. The Morgan fingerprint density at radius 1 is 0.972 bits per heavy atom. The quantitative estimate of drug-likeness (QED) is 0.252. The molecule has 0 bridgehead atoms. The molecule has 1 saturated carbocycles. The number of pyridine rings is 2. The number of anilines is 1. The van der Waals surface area contributed by atoms with Gasteiger partial charge in [-0.2, -0.15) is 5.10 Å². The number of aromatic nitrogens is 5. The van der Waals surface area contributed by atoms with Gasteiger partial charge in [-0.1, -0.05) is 18.6 Å². The standard InChI is InChI=1S/C28H22N6OS/c35-28(16-3-1-4-16)31-19-11-18(14-29-15-19)17-6-7-23-20(12-17)26(34-33-23)24-13-21-22(32-24)8-9-30-27(21)25-5-2-10-36-25/h2,5-16,32H,1,3-4H2,(H,31,35)(H,33,34). The summed E-state index contributed by atoms with van der Waals surface area (Å²) in [4.78, 5) is 26.1. The smallest absolute Gasteiger partial charge is 0.227 e. The molecule has 1 aliphatic carbocycles. The minimum absolute atomic E-state index is 0.0861. The summed E-state index contributed by atoms with van der Waals surface area (Å²) in [6.45, 7) is 0. The number of nitrogens with zero attached hydrogens (tertiary/aromatic N) is 3. The summed E-state index contributed by atoms with van der Waals surface area (Å²) in [5.41, 5.74) is 7.40. The maximum Gasteiger partial charge on any atom is 0.227 e. The number of nitrogens with one attached hydrogen (secondary N) is 3. The third kappa shape index (κ3) is 3.58. The Morgan fingerprint density at radius 2 is 1.89 bits per heavy atom. The van der Waals surface area contributed by atoms with Crippen LogP contribution in [0.25, 0.3) is 54.9 Å². The monoisotopic (exact) mass is 490 g/mol. The van der Waals surface area contributed by atoms with Gasteiger partial charge in [-0.25, -0.2) is 0 Å². The lowest BCUT2D eigenvalue weighted by atomic mass is 9.85. The van der Waals surface area contributed by atoms with E-state index in [1.54, 1.807) is 17.5 Å². The second kappa shape index (κ2) is 8.42. The van der Waals surface area contributed by atoms with Crippen molar-refractivity contribution < 1.29 is 4.79 Å². The van der Waals surface area contributed by atoms with Crippen molar-refractivity contribution in [3.8, 4) is 33.1 Å². The largest absolute Gasteiger partial charge is 0.353 e. The summed E-state index contributed by atoms with van der Waals surface area (Å²) < 4.78 is 0. The zero-order valence-electron chi connectivity index (χ0n) is 19.3. The second-order valence-electron chi connectivity index (χ2n) is 9.19. The molecule has 176 valence electrons. The number of rotatable bonds is 5. The predicted octanol–water partition coefficient (Wildman–Crippen LogP) is 6.64. The Morgan fingerprint density at radius 3 is 2.72 bits per heavy atom. The zero-order valence-corrected chi connectivity index (χ0v) is 20.1. The molecule has 1 aromatic carbocycles. The molecule has 5 heterocycles. The van der Waals surface area contributed by atoms with Crippen LogP contribution in [0.3, 0.4) is 0 Å². The van der Waals surface area contributed by atoms with Gasteiger partial charge in [0.1, 0.15) is 5.69 Å². The Labute approximate surface area is 210 Å². The van der Waals surface area contributed by atoms with Crippen molar-refractivity contribution in [2.75, 3.05) is 5.32 Å². The molecule has 0 atom stereocenters. The third-order valence-electron chi connectivity index (χ3n) is 6.94. The van der Waals surface area contributed by atoms with Gasteiger partial charge in [0, 0.05) is 40.2 Å². The first-order chi connectivity index (χ1) is 17.7. The highest BCUT2D eigenvalue weighted by molar-refractivity contribution is 7.13. The van der Waals surface area contributed by atoms with Crippen LogP contribution in [-0.2, 0) is 4.79 Å². The number of amides is 1. The first kappa shape index (κ1) is 21.0. The number of H-pyrrole nitrogens is 2. The van der Waals surface area contributed by atoms with Crippen molar-refractivity contribution in [2.45, 2.75) is 19.3 Å². The van der Waals surface area contributed by atoms with Gasteiger partial charge in [0.25, 0.3) is 0 Å². The van der Waals surface area contributed by atoms with E-state index in [1.165, 1.54) is 0 Å². The van der Waals surface area contributed by atoms with E-state index in [4.69, 9.17) is 0 Å². The normalized spacial score (nSPS) is 13.8. The first-order valence-corrected chi connectivity index (χ1v) is 12.9. The van der Waals surface area contributed by atoms with Crippen LogP contribution in [0.2, 0.25) is 0 Å². The molecule has 6 aromatic rings. The molecule has 7 rings (SSSR count). The molecule has 7 nitrogen and oxygen atoms in total. The molecular weight excluding hydrogens is 468 g/mol. The highest BCUT2D eigenvalue weighted by Crippen LogP contribution is 2.36. The summed E-state index contributed by atoms with van der Waals surface area (Å²) in [5, 5.41) is 15.0. The molecule has 1 fully saturated rings. The molecule has 0 radical (unpaired) electrons. The van der Waals surface area contributed by atoms with Crippen LogP contribution in [0, 0.1) is 5.92 Å². The molecule has 3 N–H and O–H groups in total. The van der Waals surface area contributed by atoms with Gasteiger partial charge in [-0.3, -0.25) is 19.9 Å². The Hall–Kier alpha value is -4.30. The van der Waals surface area contributed by atoms with E-state index in [1.807, 2.05) is 42.7 Å². The van der Waals surface area contributed by atoms with E-state index in [9.17, 15) is 4.79 Å². The van der Waals surface area contributed by atoms with E-state index in [0.717, 1.165) is 79.8 Å². The number of hydrogen-bond acceptors (Lipinski definition) is 5. The van der Waals surface area contributed by atoms with E-state index < -0.39 is 0 Å². The van der Waals surface area contributed by atoms with Crippen LogP contribution in [0.4, 0.5) is 5.69 Å². The number of aromatic amines is 2. The second-order valence-corrected chi connectivity index (χ2v) is 10.1. The molecule has 0 unspecified atom stereocenters. The Bertz CT molecular complexity index is 1730. The highest BCUT2D eigenvalue weighted by Gasteiger charge is 2.25. The van der Waals surface area contributed by atoms with E-state index >= 15 is 0 Å². The maximum atomic E-state index is 12.4. The number of carbonyl (C=O) groups excluding carboxylic acids is 1. The van der Waals surface area contributed by atoms with E-state index in [2.05, 4.69) is 54.0 Å². The molecule has 36 heavy (non-hydrogen) atoms. The van der Waals surface area contributed by atoms with Gasteiger partial charge >= 0.3 is 0 Å². The average Bonchev–Trinajstić information content (AvgIpc) is 3.61. The van der Waals surface area contributed by atoms with Gasteiger partial charge in [0.05, 0.1) is 33.7 Å². The number of fused-ring (bicyclic) bond motifs is 2. The van der Waals surface area contributed by atoms with Crippen molar-refractivity contribution in [2.24, 2.45) is 5.92 Å². The lowest BCUT2D eigenvalue weighted by Crippen LogP contribution is -2.28. The lowest BCUT2D eigenvalue weighted by Gasteiger charge is -2.24. The maximum absolute atomic E-state index is 12.4. The van der Waals surface area contributed by atoms with Gasteiger partial charge in [-0.15, -0.1) is 11.3 Å². The Balaban J connectivity index is 1.26. The van der Waals surface area contributed by atoms with Crippen LogP contribution in [0.5, 0.6) is 0 Å². The van der Waals surface area contributed by atoms with Crippen molar-refractivity contribution in [1.29, 1.82) is 0 Å². The lowest BCUT2D eigenvalue weighted by molar-refractivity contribution is -0.122. The number of thiophene rings is 1. The van der Waals surface area contributed by atoms with E-state index in [0.29, 0.717) is 0 Å². The fourth-order valence-electron chi connectivity index (χ4n) is 4.77. The van der Waals surface area contributed by atoms with Gasteiger partial charge < -0.3 is 10.3 Å². The SMILES string of the molecule is O=C(Nc1cncc(-c2ccc3[nH]nc(-c4cc5c(-c6cccs6)nccc5[nH]4)c3c2)c1)C1CCC1. The molecule has 1 aliphatic rings. The van der Waals surface area contributed by atoms with Crippen molar-refractivity contribution >= 4 is 44.7 Å². The van der Waals surface area contributed by atoms with Gasteiger partial charge in [0.15, 0.2) is 0 Å². The molecule has 8 heteroatoms. The van der Waals surface area contributed by atoms with Crippen LogP contribution >= 0.6 is 11.3 Å². The number of carbonyl (C=O) groups is 1. The third-order valence-corrected chi connectivity index (χ3v) is 7.81. The van der Waals surface area contributed by atoms with E-state index in [-0.39, 0.29) is 11.8 Å². The van der Waals surface area contributed by atoms with Crippen molar-refractivity contribution in [1.82, 2.24) is 25.1 Å². The first-order valence-electron chi connectivity index (χ1n) is 12.0. The van der Waals surface area contributed by atoms with Crippen LogP contribution < -0.4 is 5.32 Å². The predicted molar refractivity (Wildman–Crippen MR) is 144 cm³/mol. The number of hydrogen-bond donors (Lipinski definition) is 3. The van der Waals surface area contributed by atoms with Gasteiger partial charge in [-0.05, 0) is 60.2 Å². The van der Waals surface area contributed by atoms with Gasteiger partial charge in [0.2, 0.25) is 5.91 Å². The van der Waals surface area contributed by atoms with Crippen LogP contribution in [0.1, 0.15) is 19.3 Å². The summed E-state index contributed by atoms with van der Waals surface area (Å²) in [6.07, 6.45) is 8.43. The fourth-order valence-corrected chi connectivity index (χ4v) is 5.51. The number of benzene rings is 1. The van der Waals surface area contributed by atoms with Crippen molar-refractivity contribution in [3.63, 3.8) is 0 Å². The van der Waals surface area contributed by atoms with Crippen LogP contribution in [0.15, 0.2) is 72.5 Å². The topological polar surface area (TPSA) is 99.3 Å². The van der Waals surface area contributed by atoms with Crippen molar-refractivity contribution in [3.05, 3.63) is 72.5 Å². The Kier molecular flexibility index (Phi) is 4.92. The fraction of sp³-hybridized carbons (Fsp3) is 0.143. The molecule has 0 spiro atoms. The minimum atomic E-state index is 0.0861. The average molecular weight is 491 g/mol. The highest BCUT2D eigenvalue weighted by atomic mass is 32.1. The summed E-state index contributed by atoms with van der Waals surface area (Å²) in [6, 6.07) is 16.4. The summed E-state index contributed by atoms with van der Waals surface area (Å²) >= 11 is 1.68. The zero-order chi connectivity index (χ0) is 24.1.